The lowest BCUT2D eigenvalue weighted by Gasteiger charge is -2.25. The molecule has 1 aromatic carbocycles. The van der Waals surface area contributed by atoms with Gasteiger partial charge in [-0.1, -0.05) is 30.3 Å². The van der Waals surface area contributed by atoms with Gasteiger partial charge in [-0.15, -0.1) is 0 Å². The number of rotatable bonds is 3. The predicted octanol–water partition coefficient (Wildman–Crippen LogP) is 1.39. The van der Waals surface area contributed by atoms with Crippen LogP contribution in [0, 0.1) is 6.92 Å². The molecule has 3 rings (SSSR count). The molecule has 0 radical (unpaired) electrons. The highest BCUT2D eigenvalue weighted by Crippen LogP contribution is 2.21. The van der Waals surface area contributed by atoms with Crippen LogP contribution in [0.15, 0.2) is 35.1 Å². The van der Waals surface area contributed by atoms with Crippen molar-refractivity contribution in [1.29, 1.82) is 0 Å². The number of nitrogens with zero attached hydrogens (tertiary/aromatic N) is 2. The summed E-state index contributed by atoms with van der Waals surface area (Å²) in [7, 11) is 1.54. The number of methoxy groups -OCH3 is 1. The molecule has 1 N–H and O–H groups in total. The summed E-state index contributed by atoms with van der Waals surface area (Å²) < 4.78 is 5.44. The summed E-state index contributed by atoms with van der Waals surface area (Å²) in [6.07, 6.45) is 0.465. The Labute approximate surface area is 140 Å². The second-order valence-corrected chi connectivity index (χ2v) is 5.93. The Morgan fingerprint density at radius 3 is 2.67 bits per heavy atom. The third-order valence-corrected chi connectivity index (χ3v) is 4.34. The maximum absolute atomic E-state index is 12.9. The minimum atomic E-state index is -0.625. The van der Waals surface area contributed by atoms with Gasteiger partial charge in [-0.05, 0) is 18.9 Å². The molecule has 6 heteroatoms. The van der Waals surface area contributed by atoms with Crippen molar-refractivity contribution in [1.82, 2.24) is 14.9 Å². The Bertz CT molecular complexity index is 786. The van der Waals surface area contributed by atoms with Gasteiger partial charge in [0.05, 0.1) is 5.69 Å². The number of H-pyrrole nitrogens is 1. The third-order valence-electron chi connectivity index (χ3n) is 4.34. The number of nitrogens with one attached hydrogen (secondary N) is 1. The Balaban J connectivity index is 1.80. The molecular weight excluding hydrogens is 306 g/mol. The largest absolute Gasteiger partial charge is 0.367 e. The first-order chi connectivity index (χ1) is 11.6. The van der Waals surface area contributed by atoms with Crippen LogP contribution in [0.5, 0.6) is 0 Å². The minimum Gasteiger partial charge on any atom is -0.367 e. The van der Waals surface area contributed by atoms with Gasteiger partial charge in [-0.2, -0.15) is 0 Å². The lowest BCUT2D eigenvalue weighted by Crippen LogP contribution is -2.37. The third kappa shape index (κ3) is 3.23. The van der Waals surface area contributed by atoms with Crippen LogP contribution in [0.4, 0.5) is 0 Å². The van der Waals surface area contributed by atoms with Crippen molar-refractivity contribution in [3.8, 4) is 0 Å². The van der Waals surface area contributed by atoms with E-state index in [9.17, 15) is 9.59 Å². The number of benzene rings is 1. The highest BCUT2D eigenvalue weighted by atomic mass is 16.5. The molecule has 0 saturated carbocycles. The van der Waals surface area contributed by atoms with E-state index in [1.807, 2.05) is 30.3 Å². The smallest absolute Gasteiger partial charge is 0.256 e. The monoisotopic (exact) mass is 327 g/mol. The normalized spacial score (nSPS) is 15.5. The Morgan fingerprint density at radius 1 is 1.25 bits per heavy atom. The molecule has 0 spiro atoms. The molecule has 0 saturated heterocycles. The average molecular weight is 327 g/mol. The van der Waals surface area contributed by atoms with Crippen molar-refractivity contribution in [2.24, 2.45) is 0 Å². The molecule has 0 unspecified atom stereocenters. The molecular formula is C18H21N3O3. The van der Waals surface area contributed by atoms with Gasteiger partial charge in [0.2, 0.25) is 0 Å². The van der Waals surface area contributed by atoms with Crippen LogP contribution in [-0.2, 0) is 22.4 Å². The fraction of sp³-hybridized carbons (Fsp3) is 0.389. The van der Waals surface area contributed by atoms with E-state index in [0.717, 1.165) is 11.3 Å². The van der Waals surface area contributed by atoms with Crippen LogP contribution in [0.3, 0.4) is 0 Å². The molecule has 2 aromatic rings. The lowest BCUT2D eigenvalue weighted by molar-refractivity contribution is -0.142. The fourth-order valence-electron chi connectivity index (χ4n) is 3.13. The van der Waals surface area contributed by atoms with E-state index in [1.165, 1.54) is 7.11 Å². The first-order valence-electron chi connectivity index (χ1n) is 8.05. The molecule has 1 atom stereocenters. The maximum Gasteiger partial charge on any atom is 0.256 e. The van der Waals surface area contributed by atoms with Crippen LogP contribution < -0.4 is 5.56 Å². The quantitative estimate of drug-likeness (QED) is 0.924. The van der Waals surface area contributed by atoms with E-state index < -0.39 is 6.10 Å². The van der Waals surface area contributed by atoms with Crippen LogP contribution in [-0.4, -0.2) is 41.0 Å². The van der Waals surface area contributed by atoms with Gasteiger partial charge in [0, 0.05) is 32.2 Å². The van der Waals surface area contributed by atoms with Crippen LogP contribution in [0.2, 0.25) is 0 Å². The fourth-order valence-corrected chi connectivity index (χ4v) is 3.13. The molecule has 0 fully saturated rings. The summed E-state index contributed by atoms with van der Waals surface area (Å²) >= 11 is 0. The molecule has 1 aromatic heterocycles. The highest BCUT2D eigenvalue weighted by molar-refractivity contribution is 5.82. The van der Waals surface area contributed by atoms with Gasteiger partial charge in [0.15, 0.2) is 6.10 Å². The van der Waals surface area contributed by atoms with Crippen molar-refractivity contribution in [3.05, 3.63) is 63.3 Å². The van der Waals surface area contributed by atoms with Crippen LogP contribution in [0.1, 0.15) is 28.7 Å². The number of aromatic nitrogens is 2. The van der Waals surface area contributed by atoms with Gasteiger partial charge in [0.1, 0.15) is 5.82 Å². The first kappa shape index (κ1) is 16.4. The van der Waals surface area contributed by atoms with E-state index in [0.29, 0.717) is 37.3 Å². The van der Waals surface area contributed by atoms with Gasteiger partial charge >= 0.3 is 0 Å². The second kappa shape index (κ2) is 6.97. The molecule has 6 nitrogen and oxygen atoms in total. The average Bonchev–Trinajstić information content (AvgIpc) is 2.79. The van der Waals surface area contributed by atoms with E-state index in [2.05, 4.69) is 9.97 Å². The van der Waals surface area contributed by atoms with Crippen LogP contribution >= 0.6 is 0 Å². The maximum atomic E-state index is 12.9. The molecule has 126 valence electrons. The summed E-state index contributed by atoms with van der Waals surface area (Å²) in [5.41, 5.74) is 2.21. The molecule has 0 aliphatic carbocycles. The number of ether oxygens (including phenoxy) is 1. The number of fused-ring (bicyclic) bond motifs is 1. The van der Waals surface area contributed by atoms with Crippen molar-refractivity contribution in [3.63, 3.8) is 0 Å². The predicted molar refractivity (Wildman–Crippen MR) is 89.8 cm³/mol. The number of carbonyl (C=O) groups excluding carboxylic acids is 1. The molecule has 1 aliphatic rings. The summed E-state index contributed by atoms with van der Waals surface area (Å²) in [6.45, 7) is 2.80. The van der Waals surface area contributed by atoms with Gasteiger partial charge in [-0.25, -0.2) is 4.98 Å². The number of hydrogen-bond acceptors (Lipinski definition) is 4. The van der Waals surface area contributed by atoms with Gasteiger partial charge in [-0.3, -0.25) is 9.59 Å². The van der Waals surface area contributed by atoms with Crippen molar-refractivity contribution in [2.75, 3.05) is 20.2 Å². The zero-order valence-corrected chi connectivity index (χ0v) is 13.9. The van der Waals surface area contributed by atoms with E-state index in [-0.39, 0.29) is 11.5 Å². The molecule has 1 aliphatic heterocycles. The minimum absolute atomic E-state index is 0.0790. The van der Waals surface area contributed by atoms with Gasteiger partial charge in [0.25, 0.3) is 11.5 Å². The van der Waals surface area contributed by atoms with Crippen molar-refractivity contribution < 1.29 is 9.53 Å². The van der Waals surface area contributed by atoms with Crippen molar-refractivity contribution >= 4 is 5.91 Å². The summed E-state index contributed by atoms with van der Waals surface area (Å²) in [5.74, 6) is 0.530. The van der Waals surface area contributed by atoms with Crippen LogP contribution in [0.25, 0.3) is 0 Å². The molecule has 1 amide bonds. The lowest BCUT2D eigenvalue weighted by atomic mass is 10.1. The number of carbonyl (C=O) groups is 1. The Hall–Kier alpha value is -2.47. The summed E-state index contributed by atoms with van der Waals surface area (Å²) in [4.78, 5) is 33.9. The van der Waals surface area contributed by atoms with E-state index in [4.69, 9.17) is 4.74 Å². The zero-order chi connectivity index (χ0) is 17.1. The van der Waals surface area contributed by atoms with Crippen molar-refractivity contribution in [2.45, 2.75) is 25.9 Å². The molecule has 0 bridgehead atoms. The summed E-state index contributed by atoms with van der Waals surface area (Å²) in [6, 6.07) is 9.45. The summed E-state index contributed by atoms with van der Waals surface area (Å²) in [5, 5.41) is 0. The molecule has 24 heavy (non-hydrogen) atoms. The first-order valence-corrected chi connectivity index (χ1v) is 8.05. The number of hydrogen-bond donors (Lipinski definition) is 1. The second-order valence-electron chi connectivity index (χ2n) is 5.93. The highest BCUT2D eigenvalue weighted by Gasteiger charge is 2.28. The number of aromatic amines is 1. The van der Waals surface area contributed by atoms with E-state index in [1.54, 1.807) is 11.8 Å². The van der Waals surface area contributed by atoms with Gasteiger partial charge < -0.3 is 14.6 Å². The number of amides is 1. The Kier molecular flexibility index (Phi) is 4.76. The zero-order valence-electron chi connectivity index (χ0n) is 13.9. The Morgan fingerprint density at radius 2 is 1.96 bits per heavy atom. The van der Waals surface area contributed by atoms with E-state index >= 15 is 0 Å². The molecule has 2 heterocycles. The standard InChI is InChI=1S/C18H21N3O3/c1-12-19-15-9-11-21(10-8-14(15)17(22)20-12)18(23)16(24-2)13-6-4-3-5-7-13/h3-7,16H,8-11H2,1-2H3,(H,19,20,22)/t16-/m1/s1. The topological polar surface area (TPSA) is 75.3 Å². The number of aryl methyl sites for hydroxylation is 1. The SMILES string of the molecule is CO[C@@H](C(=O)N1CCc2nc(C)[nH]c(=O)c2CC1)c1ccccc1.